The number of halogens is 1. The van der Waals surface area contributed by atoms with E-state index in [0.717, 1.165) is 12.1 Å². The summed E-state index contributed by atoms with van der Waals surface area (Å²) >= 11 is 3.82. The maximum Gasteiger partial charge on any atom is 0.321 e. The minimum Gasteiger partial charge on any atom is -0.323 e. The van der Waals surface area contributed by atoms with Crippen molar-refractivity contribution >= 4 is 27.6 Å². The van der Waals surface area contributed by atoms with Crippen molar-refractivity contribution in [2.75, 3.05) is 12.4 Å². The molecule has 1 heterocycles. The average molecular weight is 325 g/mol. The van der Waals surface area contributed by atoms with Crippen LogP contribution in [0.4, 0.5) is 10.5 Å². The van der Waals surface area contributed by atoms with Crippen molar-refractivity contribution in [3.8, 4) is 0 Å². The third-order valence-corrected chi connectivity index (χ3v) is 5.78. The number of amides is 2. The third kappa shape index (κ3) is 2.78. The predicted molar refractivity (Wildman–Crippen MR) is 82.7 cm³/mol. The van der Waals surface area contributed by atoms with Gasteiger partial charge in [-0.05, 0) is 29.0 Å². The molecule has 1 aromatic rings. The van der Waals surface area contributed by atoms with Crippen LogP contribution < -0.4 is 5.32 Å². The van der Waals surface area contributed by atoms with Gasteiger partial charge in [-0.1, -0.05) is 48.8 Å². The lowest BCUT2D eigenvalue weighted by Crippen LogP contribution is -2.35. The fourth-order valence-electron chi connectivity index (χ4n) is 2.19. The lowest BCUT2D eigenvalue weighted by atomic mass is 9.82. The monoisotopic (exact) mass is 324 g/mol. The van der Waals surface area contributed by atoms with Crippen LogP contribution >= 0.6 is 15.9 Å². The highest BCUT2D eigenvalue weighted by Crippen LogP contribution is 2.43. The SMILES string of the molecule is CCC(C)(C)C(Br)c1ccc2c(c1)CN(C)C(=O)N2. The van der Waals surface area contributed by atoms with E-state index < -0.39 is 0 Å². The van der Waals surface area contributed by atoms with E-state index in [2.05, 4.69) is 54.2 Å². The van der Waals surface area contributed by atoms with Crippen LogP contribution in [0.3, 0.4) is 0 Å². The van der Waals surface area contributed by atoms with Gasteiger partial charge in [-0.15, -0.1) is 0 Å². The van der Waals surface area contributed by atoms with Gasteiger partial charge in [0.05, 0.1) is 0 Å². The van der Waals surface area contributed by atoms with Gasteiger partial charge in [-0.3, -0.25) is 0 Å². The summed E-state index contributed by atoms with van der Waals surface area (Å²) in [5, 5.41) is 2.90. The van der Waals surface area contributed by atoms with E-state index in [-0.39, 0.29) is 11.4 Å². The molecule has 0 saturated heterocycles. The van der Waals surface area contributed by atoms with Gasteiger partial charge in [0.15, 0.2) is 0 Å². The molecule has 104 valence electrons. The smallest absolute Gasteiger partial charge is 0.321 e. The highest BCUT2D eigenvalue weighted by molar-refractivity contribution is 9.09. The molecule has 0 spiro atoms. The number of nitrogens with one attached hydrogen (secondary N) is 1. The first kappa shape index (κ1) is 14.4. The van der Waals surface area contributed by atoms with Gasteiger partial charge in [0.2, 0.25) is 0 Å². The van der Waals surface area contributed by atoms with Crippen LogP contribution in [-0.2, 0) is 6.54 Å². The zero-order valence-electron chi connectivity index (χ0n) is 12.0. The molecule has 2 rings (SSSR count). The molecular weight excluding hydrogens is 304 g/mol. The number of hydrogen-bond donors (Lipinski definition) is 1. The summed E-state index contributed by atoms with van der Waals surface area (Å²) in [4.78, 5) is 13.6. The molecule has 0 aliphatic carbocycles. The molecule has 0 radical (unpaired) electrons. The second-order valence-electron chi connectivity index (χ2n) is 5.91. The van der Waals surface area contributed by atoms with Crippen LogP contribution in [0.1, 0.15) is 43.1 Å². The molecule has 4 heteroatoms. The van der Waals surface area contributed by atoms with Crippen molar-refractivity contribution in [1.29, 1.82) is 0 Å². The Morgan fingerprint density at radius 2 is 2.16 bits per heavy atom. The summed E-state index contributed by atoms with van der Waals surface area (Å²) in [6, 6.07) is 6.27. The summed E-state index contributed by atoms with van der Waals surface area (Å²) in [7, 11) is 1.81. The maximum atomic E-state index is 11.6. The zero-order chi connectivity index (χ0) is 14.2. The quantitative estimate of drug-likeness (QED) is 0.813. The minimum absolute atomic E-state index is 0.0375. The molecule has 3 nitrogen and oxygen atoms in total. The Labute approximate surface area is 123 Å². The molecule has 1 aliphatic heterocycles. The molecule has 1 aliphatic rings. The molecule has 0 fully saturated rings. The topological polar surface area (TPSA) is 32.3 Å². The highest BCUT2D eigenvalue weighted by atomic mass is 79.9. The number of nitrogens with zero attached hydrogens (tertiary/aromatic N) is 1. The van der Waals surface area contributed by atoms with E-state index in [9.17, 15) is 4.79 Å². The van der Waals surface area contributed by atoms with Crippen LogP contribution in [0.15, 0.2) is 18.2 Å². The number of alkyl halides is 1. The van der Waals surface area contributed by atoms with Gasteiger partial charge < -0.3 is 10.2 Å². The fourth-order valence-corrected chi connectivity index (χ4v) is 2.80. The van der Waals surface area contributed by atoms with Gasteiger partial charge in [0, 0.05) is 24.1 Å². The van der Waals surface area contributed by atoms with E-state index in [1.807, 2.05) is 13.1 Å². The number of fused-ring (bicyclic) bond motifs is 1. The predicted octanol–water partition coefficient (Wildman–Crippen LogP) is 4.54. The van der Waals surface area contributed by atoms with E-state index in [1.165, 1.54) is 11.1 Å². The standard InChI is InChI=1S/C15H21BrN2O/c1-5-15(2,3)13(16)10-6-7-12-11(8-10)9-18(4)14(19)17-12/h6-8,13H,5,9H2,1-4H3,(H,17,19). The van der Waals surface area contributed by atoms with Crippen molar-refractivity contribution < 1.29 is 4.79 Å². The highest BCUT2D eigenvalue weighted by Gasteiger charge is 2.28. The minimum atomic E-state index is -0.0375. The molecule has 19 heavy (non-hydrogen) atoms. The van der Waals surface area contributed by atoms with Crippen LogP contribution in [0.25, 0.3) is 0 Å². The molecule has 2 amide bonds. The van der Waals surface area contributed by atoms with Gasteiger partial charge in [0.1, 0.15) is 0 Å². The summed E-state index contributed by atoms with van der Waals surface area (Å²) in [6.45, 7) is 7.40. The molecule has 1 aromatic carbocycles. The number of urea groups is 1. The Morgan fingerprint density at radius 3 is 2.79 bits per heavy atom. The average Bonchev–Trinajstić information content (AvgIpc) is 2.38. The van der Waals surface area contributed by atoms with Gasteiger partial charge in [-0.25, -0.2) is 4.79 Å². The van der Waals surface area contributed by atoms with Gasteiger partial charge >= 0.3 is 6.03 Å². The van der Waals surface area contributed by atoms with E-state index in [1.54, 1.807) is 4.90 Å². The number of carbonyl (C=O) groups excluding carboxylic acids is 1. The molecule has 0 bridgehead atoms. The van der Waals surface area contributed by atoms with Gasteiger partial charge in [0.25, 0.3) is 0 Å². The first-order valence-corrected chi connectivity index (χ1v) is 7.55. The molecule has 0 aromatic heterocycles. The largest absolute Gasteiger partial charge is 0.323 e. The van der Waals surface area contributed by atoms with Crippen LogP contribution in [-0.4, -0.2) is 18.0 Å². The lowest BCUT2D eigenvalue weighted by molar-refractivity contribution is 0.218. The molecule has 0 saturated carbocycles. The first-order chi connectivity index (χ1) is 8.85. The van der Waals surface area contributed by atoms with E-state index in [4.69, 9.17) is 0 Å². The van der Waals surface area contributed by atoms with Gasteiger partial charge in [-0.2, -0.15) is 0 Å². The molecule has 1 atom stereocenters. The molecule has 1 N–H and O–H groups in total. The number of benzene rings is 1. The summed E-state index contributed by atoms with van der Waals surface area (Å²) in [6.07, 6.45) is 1.11. The Balaban J connectivity index is 2.32. The van der Waals surface area contributed by atoms with Crippen molar-refractivity contribution in [3.63, 3.8) is 0 Å². The lowest BCUT2D eigenvalue weighted by Gasteiger charge is -2.31. The summed E-state index contributed by atoms with van der Waals surface area (Å²) in [5.41, 5.74) is 3.59. The number of carbonyl (C=O) groups is 1. The zero-order valence-corrected chi connectivity index (χ0v) is 13.5. The normalized spacial score (nSPS) is 16.9. The van der Waals surface area contributed by atoms with Crippen molar-refractivity contribution in [3.05, 3.63) is 29.3 Å². The van der Waals surface area contributed by atoms with E-state index in [0.29, 0.717) is 11.4 Å². The van der Waals surface area contributed by atoms with Crippen LogP contribution in [0, 0.1) is 5.41 Å². The van der Waals surface area contributed by atoms with Crippen molar-refractivity contribution in [2.45, 2.75) is 38.6 Å². The Morgan fingerprint density at radius 1 is 1.47 bits per heavy atom. The number of rotatable bonds is 3. The Kier molecular flexibility index (Phi) is 3.90. The van der Waals surface area contributed by atoms with Crippen molar-refractivity contribution in [2.24, 2.45) is 5.41 Å². The summed E-state index contributed by atoms with van der Waals surface area (Å²) in [5.74, 6) is 0. The second kappa shape index (κ2) is 5.16. The van der Waals surface area contributed by atoms with Crippen LogP contribution in [0.2, 0.25) is 0 Å². The van der Waals surface area contributed by atoms with E-state index >= 15 is 0 Å². The Bertz CT molecular complexity index is 499. The third-order valence-electron chi connectivity index (χ3n) is 4.02. The second-order valence-corrected chi connectivity index (χ2v) is 6.82. The Hall–Kier alpha value is -1.03. The molecular formula is C15H21BrN2O. The fraction of sp³-hybridized carbons (Fsp3) is 0.533. The summed E-state index contributed by atoms with van der Waals surface area (Å²) < 4.78 is 0. The van der Waals surface area contributed by atoms with Crippen molar-refractivity contribution in [1.82, 2.24) is 4.90 Å². The molecule has 1 unspecified atom stereocenters. The first-order valence-electron chi connectivity index (χ1n) is 6.64. The number of hydrogen-bond acceptors (Lipinski definition) is 1. The van der Waals surface area contributed by atoms with Crippen LogP contribution in [0.5, 0.6) is 0 Å². The maximum absolute atomic E-state index is 11.6. The number of anilines is 1.